The lowest BCUT2D eigenvalue weighted by Crippen LogP contribution is -2.08. The van der Waals surface area contributed by atoms with Crippen LogP contribution in [-0.2, 0) is 0 Å². The van der Waals surface area contributed by atoms with Crippen LogP contribution < -0.4 is 18.9 Å². The Balaban J connectivity index is 0.878. The van der Waals surface area contributed by atoms with Gasteiger partial charge in [0.25, 0.3) is 0 Å². The molecule has 5 aromatic carbocycles. The lowest BCUT2D eigenvalue weighted by Gasteiger charge is -2.10. The smallest absolute Gasteiger partial charge is 0.185 e. The summed E-state index contributed by atoms with van der Waals surface area (Å²) in [6, 6.07) is 41.5. The third-order valence-corrected chi connectivity index (χ3v) is 8.95. The summed E-state index contributed by atoms with van der Waals surface area (Å²) in [5.41, 5.74) is 6.11. The molecule has 0 unspecified atom stereocenters. The summed E-state index contributed by atoms with van der Waals surface area (Å²) < 4.78 is 23.6. The van der Waals surface area contributed by atoms with E-state index in [1.165, 1.54) is 38.5 Å². The van der Waals surface area contributed by atoms with Gasteiger partial charge in [0.05, 0.1) is 13.2 Å². The fraction of sp³-hybridized carbons (Fsp3) is 0.271. The average Bonchev–Trinajstić information content (AvgIpc) is 3.20. The predicted octanol–water partition coefficient (Wildman–Crippen LogP) is 12.3. The molecule has 0 aromatic heterocycles. The Bertz CT molecular complexity index is 1820. The van der Waals surface area contributed by atoms with E-state index in [2.05, 4.69) is 43.0 Å². The molecule has 0 N–H and O–H groups in total. The summed E-state index contributed by atoms with van der Waals surface area (Å²) in [4.78, 5) is 12.3. The van der Waals surface area contributed by atoms with Gasteiger partial charge in [0.1, 0.15) is 36.2 Å². The summed E-state index contributed by atoms with van der Waals surface area (Å²) in [6.07, 6.45) is 13.1. The largest absolute Gasteiger partial charge is 0.494 e. The van der Waals surface area contributed by atoms with Crippen LogP contribution in [0.3, 0.4) is 0 Å². The molecule has 0 aliphatic carbocycles. The summed E-state index contributed by atoms with van der Waals surface area (Å²) in [5, 5.41) is 0. The SMILES string of the molecule is C=C(C)c1ccc(OCCCCCCCCCCOc2ccc(-c3ccc(OCCOc4ccc(C=CC(=O)c5ccccc5)cc4)cc3)cc2)cc1. The molecule has 5 rings (SSSR count). The number of rotatable bonds is 23. The van der Waals surface area contributed by atoms with Gasteiger partial charge in [-0.05, 0) is 96.6 Å². The number of unbranched alkanes of at least 4 members (excludes halogenated alkanes) is 7. The zero-order valence-corrected chi connectivity index (χ0v) is 31.0. The molecule has 0 bridgehead atoms. The zero-order chi connectivity index (χ0) is 36.9. The van der Waals surface area contributed by atoms with E-state index in [4.69, 9.17) is 18.9 Å². The number of carbonyl (C=O) groups is 1. The van der Waals surface area contributed by atoms with Crippen molar-refractivity contribution in [3.05, 3.63) is 157 Å². The second-order valence-corrected chi connectivity index (χ2v) is 13.2. The maximum Gasteiger partial charge on any atom is 0.185 e. The predicted molar refractivity (Wildman–Crippen MR) is 218 cm³/mol. The number of allylic oxidation sites excluding steroid dienone is 2. The average molecular weight is 709 g/mol. The summed E-state index contributed by atoms with van der Waals surface area (Å²) in [6.45, 7) is 8.38. The molecular weight excluding hydrogens is 657 g/mol. The Morgan fingerprint density at radius 1 is 0.472 bits per heavy atom. The molecule has 53 heavy (non-hydrogen) atoms. The van der Waals surface area contributed by atoms with Gasteiger partial charge in [-0.2, -0.15) is 0 Å². The van der Waals surface area contributed by atoms with Crippen LogP contribution in [0.2, 0.25) is 0 Å². The first-order valence-electron chi connectivity index (χ1n) is 18.9. The molecule has 0 spiro atoms. The highest BCUT2D eigenvalue weighted by Crippen LogP contribution is 2.25. The van der Waals surface area contributed by atoms with Crippen LogP contribution in [0.1, 0.15) is 79.8 Å². The van der Waals surface area contributed by atoms with E-state index in [9.17, 15) is 4.79 Å². The van der Waals surface area contributed by atoms with Crippen LogP contribution in [0.15, 0.2) is 140 Å². The number of ketones is 1. The molecule has 0 aliphatic heterocycles. The first-order chi connectivity index (χ1) is 26.0. The third kappa shape index (κ3) is 13.8. The molecule has 5 aromatic rings. The molecule has 0 atom stereocenters. The molecule has 0 radical (unpaired) electrons. The Kier molecular flexibility index (Phi) is 15.9. The zero-order valence-electron chi connectivity index (χ0n) is 31.0. The van der Waals surface area contributed by atoms with E-state index >= 15 is 0 Å². The van der Waals surface area contributed by atoms with Gasteiger partial charge in [0.2, 0.25) is 0 Å². The number of hydrogen-bond donors (Lipinski definition) is 0. The van der Waals surface area contributed by atoms with Gasteiger partial charge in [-0.3, -0.25) is 4.79 Å². The van der Waals surface area contributed by atoms with E-state index in [0.717, 1.165) is 76.9 Å². The molecule has 0 fully saturated rings. The molecule has 0 saturated carbocycles. The van der Waals surface area contributed by atoms with Crippen molar-refractivity contribution in [2.75, 3.05) is 26.4 Å². The molecule has 274 valence electrons. The van der Waals surface area contributed by atoms with Crippen LogP contribution in [0.4, 0.5) is 0 Å². The van der Waals surface area contributed by atoms with Gasteiger partial charge in [-0.15, -0.1) is 0 Å². The highest BCUT2D eigenvalue weighted by molar-refractivity contribution is 6.06. The van der Waals surface area contributed by atoms with Gasteiger partial charge in [0.15, 0.2) is 5.78 Å². The van der Waals surface area contributed by atoms with E-state index in [1.807, 2.05) is 104 Å². The Morgan fingerprint density at radius 3 is 1.32 bits per heavy atom. The maximum atomic E-state index is 12.3. The lowest BCUT2D eigenvalue weighted by atomic mass is 10.1. The normalized spacial score (nSPS) is 11.0. The summed E-state index contributed by atoms with van der Waals surface area (Å²) in [5.74, 6) is 3.38. The molecule has 0 saturated heterocycles. The molecule has 0 amide bonds. The van der Waals surface area contributed by atoms with Crippen molar-refractivity contribution < 1.29 is 23.7 Å². The van der Waals surface area contributed by atoms with E-state index in [1.54, 1.807) is 6.08 Å². The van der Waals surface area contributed by atoms with Gasteiger partial charge < -0.3 is 18.9 Å². The minimum absolute atomic E-state index is 0.0193. The highest BCUT2D eigenvalue weighted by Gasteiger charge is 2.03. The summed E-state index contributed by atoms with van der Waals surface area (Å²) >= 11 is 0. The first kappa shape index (κ1) is 38.7. The van der Waals surface area contributed by atoms with Crippen molar-refractivity contribution in [1.29, 1.82) is 0 Å². The van der Waals surface area contributed by atoms with Crippen molar-refractivity contribution in [3.8, 4) is 34.1 Å². The topological polar surface area (TPSA) is 54.0 Å². The molecule has 0 aliphatic rings. The first-order valence-corrected chi connectivity index (χ1v) is 18.9. The minimum Gasteiger partial charge on any atom is -0.494 e. The fourth-order valence-electron chi connectivity index (χ4n) is 5.83. The van der Waals surface area contributed by atoms with Crippen molar-refractivity contribution in [2.45, 2.75) is 58.3 Å². The second kappa shape index (κ2) is 21.7. The van der Waals surface area contributed by atoms with Crippen molar-refractivity contribution in [2.24, 2.45) is 0 Å². The standard InChI is InChI=1S/C48H52O5/c1-38(2)40-19-27-45(28-20-40)50-34-12-7-5-3-4-6-8-13-35-51-46-29-21-41(22-30-46)42-23-31-47(32-24-42)53-37-36-52-44-25-16-39(17-26-44)18-33-48(49)43-14-10-9-11-15-43/h9-11,14-33H,1,3-8,12-13,34-37H2,2H3. The van der Waals surface area contributed by atoms with Gasteiger partial charge >= 0.3 is 0 Å². The van der Waals surface area contributed by atoms with E-state index < -0.39 is 0 Å². The second-order valence-electron chi connectivity index (χ2n) is 13.2. The van der Waals surface area contributed by atoms with Gasteiger partial charge in [0, 0.05) is 5.56 Å². The quantitative estimate of drug-likeness (QED) is 0.0384. The Morgan fingerprint density at radius 2 is 0.868 bits per heavy atom. The number of carbonyl (C=O) groups excluding carboxylic acids is 1. The molecule has 0 heterocycles. The lowest BCUT2D eigenvalue weighted by molar-refractivity contribution is 0.104. The highest BCUT2D eigenvalue weighted by atomic mass is 16.5. The Hall–Kier alpha value is -5.55. The van der Waals surface area contributed by atoms with Crippen LogP contribution in [0, 0.1) is 0 Å². The van der Waals surface area contributed by atoms with Crippen molar-refractivity contribution >= 4 is 17.4 Å². The van der Waals surface area contributed by atoms with Crippen LogP contribution in [0.25, 0.3) is 22.8 Å². The van der Waals surface area contributed by atoms with Crippen LogP contribution in [0.5, 0.6) is 23.0 Å². The van der Waals surface area contributed by atoms with Crippen LogP contribution >= 0.6 is 0 Å². The van der Waals surface area contributed by atoms with Crippen molar-refractivity contribution in [1.82, 2.24) is 0 Å². The number of benzene rings is 5. The number of ether oxygens (including phenoxy) is 4. The van der Waals surface area contributed by atoms with E-state index in [-0.39, 0.29) is 5.78 Å². The monoisotopic (exact) mass is 708 g/mol. The van der Waals surface area contributed by atoms with Crippen molar-refractivity contribution in [3.63, 3.8) is 0 Å². The van der Waals surface area contributed by atoms with Crippen LogP contribution in [-0.4, -0.2) is 32.2 Å². The molecule has 5 nitrogen and oxygen atoms in total. The summed E-state index contributed by atoms with van der Waals surface area (Å²) in [7, 11) is 0. The minimum atomic E-state index is -0.0193. The fourth-order valence-corrected chi connectivity index (χ4v) is 5.83. The van der Waals surface area contributed by atoms with E-state index in [0.29, 0.717) is 18.8 Å². The van der Waals surface area contributed by atoms with Gasteiger partial charge in [-0.25, -0.2) is 0 Å². The molecule has 5 heteroatoms. The van der Waals surface area contributed by atoms with Gasteiger partial charge in [-0.1, -0.05) is 136 Å². The third-order valence-electron chi connectivity index (χ3n) is 8.95. The number of hydrogen-bond acceptors (Lipinski definition) is 5. The maximum absolute atomic E-state index is 12.3. The molecular formula is C48H52O5. The Labute approximate surface area is 315 Å².